The van der Waals surface area contributed by atoms with Crippen molar-refractivity contribution in [3.05, 3.63) is 60.2 Å². The number of anilines is 1. The molecule has 1 aliphatic heterocycles. The van der Waals surface area contributed by atoms with Crippen LogP contribution >= 0.6 is 0 Å². The van der Waals surface area contributed by atoms with Crippen molar-refractivity contribution in [3.8, 4) is 5.75 Å². The Bertz CT molecular complexity index is 784. The molecule has 1 heterocycles. The summed E-state index contributed by atoms with van der Waals surface area (Å²) >= 11 is 0. The molecule has 0 bridgehead atoms. The third kappa shape index (κ3) is 2.06. The number of benzene rings is 2. The number of carbonyl (C=O) groups excluding carboxylic acids is 2. The summed E-state index contributed by atoms with van der Waals surface area (Å²) in [5.41, 5.74) is 1.36. The average molecular weight is 321 g/mol. The van der Waals surface area contributed by atoms with Crippen LogP contribution in [0.1, 0.15) is 30.9 Å². The Morgan fingerprint density at radius 3 is 2.33 bits per heavy atom. The van der Waals surface area contributed by atoms with E-state index in [1.165, 1.54) is 0 Å². The van der Waals surface area contributed by atoms with Gasteiger partial charge in [-0.3, -0.25) is 9.59 Å². The fraction of sp³-hybridized carbons (Fsp3) is 0.300. The van der Waals surface area contributed by atoms with E-state index in [9.17, 15) is 9.59 Å². The SMILES string of the molecule is COc1ccc([C@H]2N(c3ccccc3)C(=O)[C@]23CCC(=O)C3)cc1. The average Bonchev–Trinajstić information content (AvgIpc) is 3.04. The molecule has 0 aromatic heterocycles. The highest BCUT2D eigenvalue weighted by Crippen LogP contribution is 2.59. The molecule has 1 saturated carbocycles. The lowest BCUT2D eigenvalue weighted by atomic mass is 9.66. The zero-order valence-corrected chi connectivity index (χ0v) is 13.6. The molecule has 4 heteroatoms. The van der Waals surface area contributed by atoms with Gasteiger partial charge in [0.25, 0.3) is 0 Å². The van der Waals surface area contributed by atoms with E-state index in [2.05, 4.69) is 0 Å². The highest BCUT2D eigenvalue weighted by atomic mass is 16.5. The second kappa shape index (κ2) is 5.48. The lowest BCUT2D eigenvalue weighted by Crippen LogP contribution is -2.62. The van der Waals surface area contributed by atoms with E-state index in [4.69, 9.17) is 4.74 Å². The molecule has 1 aliphatic carbocycles. The van der Waals surface area contributed by atoms with Gasteiger partial charge in [0.2, 0.25) is 5.91 Å². The standard InChI is InChI=1S/C20H19NO3/c1-24-17-9-7-14(8-10-17)18-20(12-11-16(22)13-20)19(23)21(18)15-5-3-2-4-6-15/h2-10,18H,11-13H2,1H3/t18-,20+/m1/s1. The summed E-state index contributed by atoms with van der Waals surface area (Å²) in [6.07, 6.45) is 1.50. The van der Waals surface area contributed by atoms with Gasteiger partial charge in [-0.25, -0.2) is 0 Å². The molecule has 2 aromatic rings. The number of rotatable bonds is 3. The number of Topliss-reactive ketones (excluding diaryl/α,β-unsaturated/α-hetero) is 1. The number of hydrogen-bond donors (Lipinski definition) is 0. The zero-order chi connectivity index (χ0) is 16.7. The van der Waals surface area contributed by atoms with Gasteiger partial charge in [-0.1, -0.05) is 30.3 Å². The first-order chi connectivity index (χ1) is 11.7. The molecule has 122 valence electrons. The molecule has 2 aromatic carbocycles. The Kier molecular flexibility index (Phi) is 3.41. The lowest BCUT2D eigenvalue weighted by Gasteiger charge is -2.54. The molecule has 2 aliphatic rings. The van der Waals surface area contributed by atoms with Crippen LogP contribution in [0.4, 0.5) is 5.69 Å². The maximum absolute atomic E-state index is 13.0. The Balaban J connectivity index is 1.77. The molecular formula is C20H19NO3. The van der Waals surface area contributed by atoms with Gasteiger partial charge in [-0.15, -0.1) is 0 Å². The van der Waals surface area contributed by atoms with Gasteiger partial charge in [-0.2, -0.15) is 0 Å². The van der Waals surface area contributed by atoms with Crippen molar-refractivity contribution in [3.63, 3.8) is 0 Å². The summed E-state index contributed by atoms with van der Waals surface area (Å²) in [6.45, 7) is 0. The predicted octanol–water partition coefficient (Wildman–Crippen LogP) is 3.52. The van der Waals surface area contributed by atoms with Crippen LogP contribution < -0.4 is 9.64 Å². The third-order valence-corrected chi connectivity index (χ3v) is 5.25. The summed E-state index contributed by atoms with van der Waals surface area (Å²) < 4.78 is 5.23. The molecule has 4 rings (SSSR count). The van der Waals surface area contributed by atoms with Crippen molar-refractivity contribution < 1.29 is 14.3 Å². The number of carbonyl (C=O) groups is 2. The maximum Gasteiger partial charge on any atom is 0.236 e. The third-order valence-electron chi connectivity index (χ3n) is 5.25. The molecule has 1 amide bonds. The predicted molar refractivity (Wildman–Crippen MR) is 91.0 cm³/mol. The summed E-state index contributed by atoms with van der Waals surface area (Å²) in [5, 5.41) is 0. The minimum Gasteiger partial charge on any atom is -0.497 e. The van der Waals surface area contributed by atoms with Gasteiger partial charge in [-0.05, 0) is 36.2 Å². The second-order valence-electron chi connectivity index (χ2n) is 6.56. The van der Waals surface area contributed by atoms with Gasteiger partial charge in [0, 0.05) is 18.5 Å². The fourth-order valence-electron chi connectivity index (χ4n) is 4.07. The van der Waals surface area contributed by atoms with Crippen LogP contribution in [0.25, 0.3) is 0 Å². The molecule has 1 spiro atoms. The number of hydrogen-bond acceptors (Lipinski definition) is 3. The Hall–Kier alpha value is -2.62. The van der Waals surface area contributed by atoms with Crippen LogP contribution in [0.5, 0.6) is 5.75 Å². The van der Waals surface area contributed by atoms with Gasteiger partial charge in [0.05, 0.1) is 18.6 Å². The van der Waals surface area contributed by atoms with E-state index in [0.717, 1.165) is 17.0 Å². The van der Waals surface area contributed by atoms with Crippen LogP contribution in [0.3, 0.4) is 0 Å². The van der Waals surface area contributed by atoms with E-state index >= 15 is 0 Å². The van der Waals surface area contributed by atoms with Crippen LogP contribution in [-0.4, -0.2) is 18.8 Å². The number of β-lactam (4-membered cyclic amide) rings is 1. The Morgan fingerprint density at radius 1 is 1.04 bits per heavy atom. The number of methoxy groups -OCH3 is 1. The van der Waals surface area contributed by atoms with Crippen molar-refractivity contribution in [1.82, 2.24) is 0 Å². The molecule has 24 heavy (non-hydrogen) atoms. The summed E-state index contributed by atoms with van der Waals surface area (Å²) in [5.74, 6) is 1.04. The van der Waals surface area contributed by atoms with E-state index in [1.54, 1.807) is 7.11 Å². The van der Waals surface area contributed by atoms with Gasteiger partial charge >= 0.3 is 0 Å². The summed E-state index contributed by atoms with van der Waals surface area (Å²) in [7, 11) is 1.63. The minimum atomic E-state index is -0.568. The molecule has 4 nitrogen and oxygen atoms in total. The quantitative estimate of drug-likeness (QED) is 0.813. The highest BCUT2D eigenvalue weighted by Gasteiger charge is 2.63. The lowest BCUT2D eigenvalue weighted by molar-refractivity contribution is -0.141. The van der Waals surface area contributed by atoms with Gasteiger partial charge in [0.1, 0.15) is 11.5 Å². The molecule has 0 unspecified atom stereocenters. The van der Waals surface area contributed by atoms with E-state index in [0.29, 0.717) is 19.3 Å². The number of ketones is 1. The molecule has 1 saturated heterocycles. The summed E-state index contributed by atoms with van der Waals surface area (Å²) in [6, 6.07) is 17.4. The number of amides is 1. The molecule has 2 atom stereocenters. The Labute approximate surface area is 141 Å². The zero-order valence-electron chi connectivity index (χ0n) is 13.6. The smallest absolute Gasteiger partial charge is 0.236 e. The van der Waals surface area contributed by atoms with Crippen LogP contribution in [0, 0.1) is 5.41 Å². The molecule has 2 fully saturated rings. The Morgan fingerprint density at radius 2 is 1.75 bits per heavy atom. The van der Waals surface area contributed by atoms with Crippen molar-refractivity contribution in [2.75, 3.05) is 12.0 Å². The number of para-hydroxylation sites is 1. The van der Waals surface area contributed by atoms with Crippen LogP contribution in [-0.2, 0) is 9.59 Å². The van der Waals surface area contributed by atoms with Crippen molar-refractivity contribution in [2.24, 2.45) is 5.41 Å². The normalized spacial score (nSPS) is 25.9. The molecule has 0 radical (unpaired) electrons. The van der Waals surface area contributed by atoms with Crippen molar-refractivity contribution >= 4 is 17.4 Å². The first kappa shape index (κ1) is 14.9. The molecule has 0 N–H and O–H groups in total. The van der Waals surface area contributed by atoms with Gasteiger partial charge in [0.15, 0.2) is 0 Å². The van der Waals surface area contributed by atoms with Crippen LogP contribution in [0.2, 0.25) is 0 Å². The van der Waals surface area contributed by atoms with Gasteiger partial charge < -0.3 is 9.64 Å². The first-order valence-electron chi connectivity index (χ1n) is 8.20. The molecular weight excluding hydrogens is 302 g/mol. The largest absolute Gasteiger partial charge is 0.497 e. The van der Waals surface area contributed by atoms with Crippen molar-refractivity contribution in [1.29, 1.82) is 0 Å². The van der Waals surface area contributed by atoms with Crippen LogP contribution in [0.15, 0.2) is 54.6 Å². The first-order valence-corrected chi connectivity index (χ1v) is 8.20. The van der Waals surface area contributed by atoms with E-state index in [-0.39, 0.29) is 17.7 Å². The van der Waals surface area contributed by atoms with Crippen molar-refractivity contribution in [2.45, 2.75) is 25.3 Å². The maximum atomic E-state index is 13.0. The number of nitrogens with zero attached hydrogens (tertiary/aromatic N) is 1. The highest BCUT2D eigenvalue weighted by molar-refractivity contribution is 6.09. The summed E-state index contributed by atoms with van der Waals surface area (Å²) in [4.78, 5) is 26.7. The topological polar surface area (TPSA) is 46.6 Å². The second-order valence-corrected chi connectivity index (χ2v) is 6.56. The van der Waals surface area contributed by atoms with E-state index in [1.807, 2.05) is 59.5 Å². The van der Waals surface area contributed by atoms with E-state index < -0.39 is 5.41 Å². The minimum absolute atomic E-state index is 0.0698. The number of ether oxygens (including phenoxy) is 1. The fourth-order valence-corrected chi connectivity index (χ4v) is 4.07. The monoisotopic (exact) mass is 321 g/mol.